The zero-order valence-electron chi connectivity index (χ0n) is 13.6. The molecule has 8 heteroatoms. The number of fused-ring (bicyclic) bond motifs is 1. The number of anilines is 2. The van der Waals surface area contributed by atoms with Crippen molar-refractivity contribution < 1.29 is 9.53 Å². The summed E-state index contributed by atoms with van der Waals surface area (Å²) in [5, 5.41) is 9.99. The van der Waals surface area contributed by atoms with Gasteiger partial charge in [0.15, 0.2) is 5.65 Å². The Hall–Kier alpha value is -3.16. The van der Waals surface area contributed by atoms with Crippen molar-refractivity contribution in [1.82, 2.24) is 19.6 Å². The molecule has 8 nitrogen and oxygen atoms in total. The molecule has 3 heterocycles. The number of nitrogens with one attached hydrogen (secondary N) is 2. The van der Waals surface area contributed by atoms with Gasteiger partial charge in [-0.1, -0.05) is 0 Å². The lowest BCUT2D eigenvalue weighted by atomic mass is 10.2. The van der Waals surface area contributed by atoms with E-state index in [1.165, 1.54) is 0 Å². The number of imidazole rings is 1. The second-order valence-corrected chi connectivity index (χ2v) is 5.37. The number of hydrogen-bond acceptors (Lipinski definition) is 6. The first-order valence-corrected chi connectivity index (χ1v) is 7.52. The molecular formula is C16H18N6O2. The van der Waals surface area contributed by atoms with E-state index in [-0.39, 0.29) is 12.0 Å². The normalized spacial score (nSPS) is 10.8. The molecule has 0 aromatic carbocycles. The van der Waals surface area contributed by atoms with Crippen LogP contribution in [0.3, 0.4) is 0 Å². The van der Waals surface area contributed by atoms with E-state index >= 15 is 0 Å². The largest absolute Gasteiger partial charge is 0.489 e. The van der Waals surface area contributed by atoms with E-state index in [0.717, 1.165) is 0 Å². The number of hydrogen-bond donors (Lipinski definition) is 2. The summed E-state index contributed by atoms with van der Waals surface area (Å²) in [7, 11) is 1.77. The Bertz CT molecular complexity index is 874. The molecule has 0 spiro atoms. The summed E-state index contributed by atoms with van der Waals surface area (Å²) in [6, 6.07) is 3.34. The van der Waals surface area contributed by atoms with E-state index in [1.54, 1.807) is 48.5 Å². The van der Waals surface area contributed by atoms with Gasteiger partial charge in [-0.25, -0.2) is 4.98 Å². The predicted molar refractivity (Wildman–Crippen MR) is 90.5 cm³/mol. The SMILES string of the molecule is CNc1cnc2c(C(=O)Nc3cnccc3OC(C)C)ccnn12. The van der Waals surface area contributed by atoms with Crippen LogP contribution in [0.1, 0.15) is 24.2 Å². The molecule has 3 aromatic heterocycles. The van der Waals surface area contributed by atoms with Gasteiger partial charge in [0.1, 0.15) is 17.3 Å². The van der Waals surface area contributed by atoms with Crippen LogP contribution >= 0.6 is 0 Å². The Morgan fingerprint density at radius 2 is 2.08 bits per heavy atom. The van der Waals surface area contributed by atoms with Gasteiger partial charge in [-0.2, -0.15) is 9.61 Å². The molecule has 124 valence electrons. The molecule has 24 heavy (non-hydrogen) atoms. The smallest absolute Gasteiger partial charge is 0.259 e. The third kappa shape index (κ3) is 2.98. The van der Waals surface area contributed by atoms with E-state index in [4.69, 9.17) is 4.74 Å². The summed E-state index contributed by atoms with van der Waals surface area (Å²) < 4.78 is 7.27. The van der Waals surface area contributed by atoms with E-state index in [1.807, 2.05) is 13.8 Å². The van der Waals surface area contributed by atoms with Crippen molar-refractivity contribution >= 4 is 23.1 Å². The minimum Gasteiger partial charge on any atom is -0.489 e. The molecule has 0 aliphatic rings. The molecule has 0 atom stereocenters. The summed E-state index contributed by atoms with van der Waals surface area (Å²) in [5.74, 6) is 0.958. The van der Waals surface area contributed by atoms with Crippen molar-refractivity contribution in [2.45, 2.75) is 20.0 Å². The Morgan fingerprint density at radius 1 is 1.25 bits per heavy atom. The highest BCUT2D eigenvalue weighted by Gasteiger charge is 2.16. The number of aromatic nitrogens is 4. The zero-order chi connectivity index (χ0) is 17.1. The van der Waals surface area contributed by atoms with Crippen LogP contribution in [-0.4, -0.2) is 38.6 Å². The standard InChI is InChI=1S/C16H18N6O2/c1-10(2)24-13-5-6-18-8-12(13)21-16(23)11-4-7-20-22-14(17-3)9-19-15(11)22/h4-10,17H,1-3H3,(H,21,23). The number of carbonyl (C=O) groups is 1. The van der Waals surface area contributed by atoms with Crippen LogP contribution in [-0.2, 0) is 0 Å². The van der Waals surface area contributed by atoms with E-state index in [9.17, 15) is 4.79 Å². The number of amides is 1. The topological polar surface area (TPSA) is 93.4 Å². The van der Waals surface area contributed by atoms with Crippen molar-refractivity contribution in [2.24, 2.45) is 0 Å². The van der Waals surface area contributed by atoms with Crippen LogP contribution in [0.4, 0.5) is 11.5 Å². The molecule has 0 unspecified atom stereocenters. The first kappa shape index (κ1) is 15.7. The third-order valence-electron chi connectivity index (χ3n) is 3.29. The highest BCUT2D eigenvalue weighted by atomic mass is 16.5. The number of nitrogens with zero attached hydrogens (tertiary/aromatic N) is 4. The van der Waals surface area contributed by atoms with Crippen LogP contribution < -0.4 is 15.4 Å². The molecule has 0 saturated heterocycles. The summed E-state index contributed by atoms with van der Waals surface area (Å²) in [6.45, 7) is 3.84. The van der Waals surface area contributed by atoms with Crippen molar-refractivity contribution in [1.29, 1.82) is 0 Å². The number of pyridine rings is 1. The van der Waals surface area contributed by atoms with Crippen molar-refractivity contribution in [3.63, 3.8) is 0 Å². The number of carbonyl (C=O) groups excluding carboxylic acids is 1. The maximum absolute atomic E-state index is 12.7. The fourth-order valence-electron chi connectivity index (χ4n) is 2.26. The lowest BCUT2D eigenvalue weighted by Crippen LogP contribution is -2.16. The molecule has 0 fully saturated rings. The van der Waals surface area contributed by atoms with E-state index in [2.05, 4.69) is 25.7 Å². The first-order valence-electron chi connectivity index (χ1n) is 7.52. The fourth-order valence-corrected chi connectivity index (χ4v) is 2.26. The maximum Gasteiger partial charge on any atom is 0.259 e. The van der Waals surface area contributed by atoms with Crippen LogP contribution in [0.2, 0.25) is 0 Å². The number of rotatable bonds is 5. The highest BCUT2D eigenvalue weighted by molar-refractivity contribution is 6.08. The molecule has 0 aliphatic carbocycles. The summed E-state index contributed by atoms with van der Waals surface area (Å²) >= 11 is 0. The van der Waals surface area contributed by atoms with Crippen molar-refractivity contribution in [3.05, 3.63) is 42.5 Å². The summed E-state index contributed by atoms with van der Waals surface area (Å²) in [6.07, 6.45) is 6.33. The van der Waals surface area contributed by atoms with Crippen LogP contribution in [0.25, 0.3) is 5.65 Å². The predicted octanol–water partition coefficient (Wildman–Crippen LogP) is 2.21. The van der Waals surface area contributed by atoms with Crippen molar-refractivity contribution in [3.8, 4) is 5.75 Å². The minimum absolute atomic E-state index is 0.0128. The number of ether oxygens (including phenoxy) is 1. The highest BCUT2D eigenvalue weighted by Crippen LogP contribution is 2.25. The van der Waals surface area contributed by atoms with Gasteiger partial charge < -0.3 is 15.4 Å². The Kier molecular flexibility index (Phi) is 4.28. The average Bonchev–Trinajstić information content (AvgIpc) is 2.99. The van der Waals surface area contributed by atoms with Crippen LogP contribution in [0.5, 0.6) is 5.75 Å². The Balaban J connectivity index is 1.93. The fraction of sp³-hybridized carbons (Fsp3) is 0.250. The average molecular weight is 326 g/mol. The van der Waals surface area contributed by atoms with Gasteiger partial charge >= 0.3 is 0 Å². The quantitative estimate of drug-likeness (QED) is 0.746. The summed E-state index contributed by atoms with van der Waals surface area (Å²) in [4.78, 5) is 21.0. The molecule has 0 saturated carbocycles. The summed E-state index contributed by atoms with van der Waals surface area (Å²) in [5.41, 5.74) is 1.38. The lowest BCUT2D eigenvalue weighted by Gasteiger charge is -2.14. The van der Waals surface area contributed by atoms with Gasteiger partial charge in [0, 0.05) is 25.5 Å². The Morgan fingerprint density at radius 3 is 2.83 bits per heavy atom. The van der Waals surface area contributed by atoms with Crippen LogP contribution in [0, 0.1) is 0 Å². The molecule has 0 aliphatic heterocycles. The first-order chi connectivity index (χ1) is 11.6. The van der Waals surface area contributed by atoms with Gasteiger partial charge in [0.25, 0.3) is 5.91 Å². The third-order valence-corrected chi connectivity index (χ3v) is 3.29. The van der Waals surface area contributed by atoms with E-state index < -0.39 is 0 Å². The van der Waals surface area contributed by atoms with Gasteiger partial charge in [-0.05, 0) is 19.9 Å². The second-order valence-electron chi connectivity index (χ2n) is 5.37. The molecule has 3 rings (SSSR count). The van der Waals surface area contributed by atoms with Gasteiger partial charge in [-0.3, -0.25) is 9.78 Å². The van der Waals surface area contributed by atoms with Gasteiger partial charge in [-0.15, -0.1) is 0 Å². The zero-order valence-corrected chi connectivity index (χ0v) is 13.6. The molecule has 2 N–H and O–H groups in total. The van der Waals surface area contributed by atoms with Crippen LogP contribution in [0.15, 0.2) is 36.9 Å². The van der Waals surface area contributed by atoms with E-state index in [0.29, 0.717) is 28.5 Å². The monoisotopic (exact) mass is 326 g/mol. The molecular weight excluding hydrogens is 308 g/mol. The minimum atomic E-state index is -0.308. The molecule has 0 radical (unpaired) electrons. The maximum atomic E-state index is 12.7. The molecule has 0 bridgehead atoms. The molecule has 1 amide bonds. The second kappa shape index (κ2) is 6.53. The van der Waals surface area contributed by atoms with Crippen molar-refractivity contribution in [2.75, 3.05) is 17.7 Å². The van der Waals surface area contributed by atoms with Gasteiger partial charge in [0.05, 0.1) is 24.1 Å². The lowest BCUT2D eigenvalue weighted by molar-refractivity contribution is 0.102. The Labute approximate surface area is 138 Å². The molecule has 3 aromatic rings. The van der Waals surface area contributed by atoms with Gasteiger partial charge in [0.2, 0.25) is 0 Å².